The lowest BCUT2D eigenvalue weighted by Gasteiger charge is -2.07. The summed E-state index contributed by atoms with van der Waals surface area (Å²) in [7, 11) is 0. The molecule has 1 aliphatic rings. The average molecular weight is 198 g/mol. The van der Waals surface area contributed by atoms with Gasteiger partial charge in [-0.25, -0.2) is 9.97 Å². The van der Waals surface area contributed by atoms with Gasteiger partial charge < -0.3 is 5.73 Å². The van der Waals surface area contributed by atoms with Gasteiger partial charge in [0.1, 0.15) is 16.4 Å². The number of carbonyl (C=O) groups is 1. The molecule has 68 valence electrons. The van der Waals surface area contributed by atoms with Crippen LogP contribution in [0.25, 0.3) is 0 Å². The van der Waals surface area contributed by atoms with Crippen LogP contribution < -0.4 is 5.73 Å². The van der Waals surface area contributed by atoms with E-state index in [9.17, 15) is 4.79 Å². The fourth-order valence-electron chi connectivity index (χ4n) is 1.27. The lowest BCUT2D eigenvalue weighted by molar-refractivity contribution is -0.120. The number of amides is 1. The molecule has 0 bridgehead atoms. The second-order valence-corrected chi connectivity index (χ2v) is 3.54. The van der Waals surface area contributed by atoms with E-state index in [1.54, 1.807) is 6.07 Å². The third kappa shape index (κ3) is 1.27. The zero-order chi connectivity index (χ0) is 9.47. The van der Waals surface area contributed by atoms with Crippen molar-refractivity contribution in [2.24, 2.45) is 5.73 Å². The van der Waals surface area contributed by atoms with E-state index in [4.69, 9.17) is 17.3 Å². The Balaban J connectivity index is 2.41. The minimum absolute atomic E-state index is 0.345. The van der Waals surface area contributed by atoms with Crippen LogP contribution in [0.3, 0.4) is 0 Å². The summed E-state index contributed by atoms with van der Waals surface area (Å²) in [6.45, 7) is 0. The third-order valence-electron chi connectivity index (χ3n) is 2.27. The number of nitrogens with two attached hydrogens (primary N) is 1. The number of hydrogen-bond donors (Lipinski definition) is 1. The molecule has 1 fully saturated rings. The fraction of sp³-hybridized carbons (Fsp3) is 0.375. The molecule has 1 aromatic heterocycles. The standard InChI is InChI=1S/C8H8ClN3O/c9-5-1-4-11-7(12-5)8(2-3-8)6(10)13/h1,4H,2-3H2,(H2,10,13). The summed E-state index contributed by atoms with van der Waals surface area (Å²) in [5, 5.41) is 0.345. The molecule has 0 saturated heterocycles. The molecule has 4 nitrogen and oxygen atoms in total. The van der Waals surface area contributed by atoms with Gasteiger partial charge in [0.25, 0.3) is 0 Å². The molecule has 1 aromatic rings. The highest BCUT2D eigenvalue weighted by atomic mass is 35.5. The predicted octanol–water partition coefficient (Wildman–Crippen LogP) is 0.647. The number of hydrogen-bond acceptors (Lipinski definition) is 3. The zero-order valence-corrected chi connectivity index (χ0v) is 7.58. The number of nitrogens with zero attached hydrogens (tertiary/aromatic N) is 2. The maximum Gasteiger partial charge on any atom is 0.231 e. The van der Waals surface area contributed by atoms with Crippen LogP contribution in [-0.2, 0) is 10.2 Å². The monoisotopic (exact) mass is 197 g/mol. The van der Waals surface area contributed by atoms with Crippen LogP contribution in [0.15, 0.2) is 12.3 Å². The van der Waals surface area contributed by atoms with E-state index in [1.807, 2.05) is 0 Å². The Bertz CT molecular complexity index is 362. The number of aromatic nitrogens is 2. The first kappa shape index (κ1) is 8.44. The van der Waals surface area contributed by atoms with Crippen molar-refractivity contribution in [1.29, 1.82) is 0 Å². The molecule has 1 amide bonds. The SMILES string of the molecule is NC(=O)C1(c2nccc(Cl)n2)CC1. The van der Waals surface area contributed by atoms with Crippen molar-refractivity contribution in [3.63, 3.8) is 0 Å². The Morgan fingerprint density at radius 1 is 1.62 bits per heavy atom. The van der Waals surface area contributed by atoms with Gasteiger partial charge in [-0.05, 0) is 18.9 Å². The number of rotatable bonds is 2. The van der Waals surface area contributed by atoms with Crippen molar-refractivity contribution in [1.82, 2.24) is 9.97 Å². The van der Waals surface area contributed by atoms with E-state index in [1.165, 1.54) is 6.20 Å². The molecule has 1 aliphatic carbocycles. The van der Waals surface area contributed by atoms with Gasteiger partial charge in [-0.3, -0.25) is 4.79 Å². The summed E-state index contributed by atoms with van der Waals surface area (Å²) >= 11 is 5.68. The zero-order valence-electron chi connectivity index (χ0n) is 6.83. The summed E-state index contributed by atoms with van der Waals surface area (Å²) in [4.78, 5) is 19.1. The van der Waals surface area contributed by atoms with Crippen molar-refractivity contribution < 1.29 is 4.79 Å². The van der Waals surface area contributed by atoms with Crippen molar-refractivity contribution in [2.45, 2.75) is 18.3 Å². The summed E-state index contributed by atoms with van der Waals surface area (Å²) in [5.41, 5.74) is 4.62. The summed E-state index contributed by atoms with van der Waals surface area (Å²) in [5.74, 6) is 0.0854. The minimum atomic E-state index is -0.634. The largest absolute Gasteiger partial charge is 0.369 e. The maximum absolute atomic E-state index is 11.1. The second-order valence-electron chi connectivity index (χ2n) is 3.15. The first-order valence-electron chi connectivity index (χ1n) is 3.94. The molecule has 13 heavy (non-hydrogen) atoms. The lowest BCUT2D eigenvalue weighted by Crippen LogP contribution is -2.30. The molecule has 1 saturated carbocycles. The fourth-order valence-corrected chi connectivity index (χ4v) is 1.41. The van der Waals surface area contributed by atoms with Gasteiger partial charge in [0.2, 0.25) is 5.91 Å². The van der Waals surface area contributed by atoms with Crippen LogP contribution in [0.1, 0.15) is 18.7 Å². The highest BCUT2D eigenvalue weighted by molar-refractivity contribution is 6.29. The van der Waals surface area contributed by atoms with E-state index >= 15 is 0 Å². The van der Waals surface area contributed by atoms with Gasteiger partial charge in [-0.1, -0.05) is 11.6 Å². The van der Waals surface area contributed by atoms with E-state index < -0.39 is 5.41 Å². The van der Waals surface area contributed by atoms with Gasteiger partial charge >= 0.3 is 0 Å². The van der Waals surface area contributed by atoms with Crippen LogP contribution in [0.4, 0.5) is 0 Å². The van der Waals surface area contributed by atoms with Crippen molar-refractivity contribution in [3.05, 3.63) is 23.2 Å². The molecule has 2 rings (SSSR count). The molecule has 0 unspecified atom stereocenters. The van der Waals surface area contributed by atoms with Gasteiger partial charge in [0, 0.05) is 6.20 Å². The Morgan fingerprint density at radius 3 is 2.77 bits per heavy atom. The number of halogens is 1. The van der Waals surface area contributed by atoms with E-state index in [2.05, 4.69) is 9.97 Å². The Labute approximate surface area is 80.1 Å². The van der Waals surface area contributed by atoms with Crippen LogP contribution in [0.5, 0.6) is 0 Å². The molecule has 0 aromatic carbocycles. The molecule has 0 spiro atoms. The summed E-state index contributed by atoms with van der Waals surface area (Å²) < 4.78 is 0. The summed E-state index contributed by atoms with van der Waals surface area (Å²) in [6, 6.07) is 1.57. The van der Waals surface area contributed by atoms with Crippen molar-refractivity contribution in [2.75, 3.05) is 0 Å². The smallest absolute Gasteiger partial charge is 0.231 e. The van der Waals surface area contributed by atoms with E-state index in [0.29, 0.717) is 11.0 Å². The highest BCUT2D eigenvalue weighted by Gasteiger charge is 2.52. The molecular formula is C8H8ClN3O. The number of primary amides is 1. The topological polar surface area (TPSA) is 68.9 Å². The molecular weight excluding hydrogens is 190 g/mol. The molecule has 0 aliphatic heterocycles. The predicted molar refractivity (Wildman–Crippen MR) is 47.1 cm³/mol. The molecule has 0 atom stereocenters. The number of carbonyl (C=O) groups excluding carboxylic acids is 1. The van der Waals surface area contributed by atoms with Crippen molar-refractivity contribution >= 4 is 17.5 Å². The van der Waals surface area contributed by atoms with E-state index in [-0.39, 0.29) is 5.91 Å². The van der Waals surface area contributed by atoms with Crippen LogP contribution in [0, 0.1) is 0 Å². The molecule has 1 heterocycles. The van der Waals surface area contributed by atoms with E-state index in [0.717, 1.165) is 12.8 Å². The Morgan fingerprint density at radius 2 is 2.31 bits per heavy atom. The highest BCUT2D eigenvalue weighted by Crippen LogP contribution is 2.46. The summed E-state index contributed by atoms with van der Waals surface area (Å²) in [6.07, 6.45) is 2.99. The minimum Gasteiger partial charge on any atom is -0.369 e. The van der Waals surface area contributed by atoms with Gasteiger partial charge in [0.15, 0.2) is 0 Å². The van der Waals surface area contributed by atoms with Gasteiger partial charge in [-0.2, -0.15) is 0 Å². The van der Waals surface area contributed by atoms with Gasteiger partial charge in [0.05, 0.1) is 0 Å². The molecule has 5 heteroatoms. The Hall–Kier alpha value is -1.16. The van der Waals surface area contributed by atoms with Gasteiger partial charge in [-0.15, -0.1) is 0 Å². The normalized spacial score (nSPS) is 18.2. The first-order valence-corrected chi connectivity index (χ1v) is 4.32. The van der Waals surface area contributed by atoms with Crippen molar-refractivity contribution in [3.8, 4) is 0 Å². The van der Waals surface area contributed by atoms with Crippen LogP contribution >= 0.6 is 11.6 Å². The molecule has 0 radical (unpaired) electrons. The second kappa shape index (κ2) is 2.67. The average Bonchev–Trinajstić information content (AvgIpc) is 2.83. The first-order chi connectivity index (χ1) is 6.15. The molecule has 2 N–H and O–H groups in total. The quantitative estimate of drug-likeness (QED) is 0.708. The maximum atomic E-state index is 11.1. The third-order valence-corrected chi connectivity index (χ3v) is 2.48. The lowest BCUT2D eigenvalue weighted by atomic mass is 10.1. The van der Waals surface area contributed by atoms with Crippen LogP contribution in [-0.4, -0.2) is 15.9 Å². The van der Waals surface area contributed by atoms with Crippen LogP contribution in [0.2, 0.25) is 5.15 Å². The Kier molecular flexibility index (Phi) is 1.73.